The minimum Gasteiger partial charge on any atom is -0.299 e. The van der Waals surface area contributed by atoms with E-state index in [1.807, 2.05) is 22.2 Å². The van der Waals surface area contributed by atoms with Gasteiger partial charge in [0.25, 0.3) is 0 Å². The van der Waals surface area contributed by atoms with E-state index in [0.29, 0.717) is 12.2 Å². The van der Waals surface area contributed by atoms with Crippen LogP contribution in [0.4, 0.5) is 0 Å². The fraction of sp³-hybridized carbons (Fsp3) is 0.538. The third-order valence-corrected chi connectivity index (χ3v) is 4.64. The van der Waals surface area contributed by atoms with Gasteiger partial charge in [0.15, 0.2) is 4.96 Å². The minimum absolute atomic E-state index is 0.0863. The molecule has 0 radical (unpaired) electrons. The molecule has 3 rings (SSSR count). The van der Waals surface area contributed by atoms with Crippen molar-refractivity contribution in [1.82, 2.24) is 9.38 Å². The van der Waals surface area contributed by atoms with Gasteiger partial charge in [0.2, 0.25) is 0 Å². The van der Waals surface area contributed by atoms with Gasteiger partial charge in [-0.3, -0.25) is 9.20 Å². The van der Waals surface area contributed by atoms with Crippen LogP contribution in [0.25, 0.3) is 4.96 Å². The molecule has 3 nitrogen and oxygen atoms in total. The smallest absolute Gasteiger partial charge is 0.193 e. The van der Waals surface area contributed by atoms with Crippen LogP contribution >= 0.6 is 11.3 Å². The van der Waals surface area contributed by atoms with Gasteiger partial charge in [-0.15, -0.1) is 11.3 Å². The maximum atomic E-state index is 12.3. The predicted molar refractivity (Wildman–Crippen MR) is 68.4 cm³/mol. The first-order valence-corrected chi connectivity index (χ1v) is 7.00. The molecule has 0 N–H and O–H groups in total. The van der Waals surface area contributed by atoms with Gasteiger partial charge < -0.3 is 0 Å². The Morgan fingerprint density at radius 3 is 3.00 bits per heavy atom. The Labute approximate surface area is 104 Å². The van der Waals surface area contributed by atoms with E-state index in [1.165, 1.54) is 12.8 Å². The molecule has 0 amide bonds. The molecule has 1 saturated carbocycles. The summed E-state index contributed by atoms with van der Waals surface area (Å²) in [5, 5.41) is 2.01. The van der Waals surface area contributed by atoms with E-state index in [0.717, 1.165) is 23.5 Å². The van der Waals surface area contributed by atoms with E-state index in [4.69, 9.17) is 0 Å². The number of carbonyl (C=O) groups excluding carboxylic acids is 1. The normalized spacial score (nSPS) is 18.9. The summed E-state index contributed by atoms with van der Waals surface area (Å²) in [4.78, 5) is 17.7. The Morgan fingerprint density at radius 2 is 2.29 bits per heavy atom. The molecule has 0 unspecified atom stereocenters. The fourth-order valence-corrected chi connectivity index (χ4v) is 3.39. The van der Waals surface area contributed by atoms with Gasteiger partial charge in [0, 0.05) is 23.2 Å². The third kappa shape index (κ3) is 1.90. The fourth-order valence-electron chi connectivity index (χ4n) is 2.67. The lowest BCUT2D eigenvalue weighted by atomic mass is 9.82. The molecule has 1 aliphatic rings. The summed E-state index contributed by atoms with van der Waals surface area (Å²) in [6.07, 6.45) is 8.94. The summed E-state index contributed by atoms with van der Waals surface area (Å²) in [5.74, 6) is 0.362. The molecule has 0 saturated heterocycles. The second-order valence-electron chi connectivity index (χ2n) is 5.19. The first-order valence-electron chi connectivity index (χ1n) is 6.12. The number of hydrogen-bond acceptors (Lipinski definition) is 3. The van der Waals surface area contributed by atoms with E-state index in [-0.39, 0.29) is 5.41 Å². The zero-order valence-corrected chi connectivity index (χ0v) is 10.8. The second-order valence-corrected chi connectivity index (χ2v) is 6.07. The highest BCUT2D eigenvalue weighted by atomic mass is 32.1. The maximum absolute atomic E-state index is 12.3. The quantitative estimate of drug-likeness (QED) is 0.836. The van der Waals surface area contributed by atoms with Gasteiger partial charge >= 0.3 is 0 Å². The monoisotopic (exact) mass is 248 g/mol. The van der Waals surface area contributed by atoms with E-state index in [9.17, 15) is 4.79 Å². The number of aromatic nitrogens is 2. The summed E-state index contributed by atoms with van der Waals surface area (Å²) in [6.45, 7) is 2.11. The van der Waals surface area contributed by atoms with Crippen molar-refractivity contribution in [1.29, 1.82) is 0 Å². The number of nitrogens with zero attached hydrogens (tertiary/aromatic N) is 2. The molecule has 90 valence electrons. The first kappa shape index (κ1) is 11.0. The number of carbonyl (C=O) groups is 1. The van der Waals surface area contributed by atoms with Crippen molar-refractivity contribution in [2.24, 2.45) is 5.41 Å². The third-order valence-electron chi connectivity index (χ3n) is 3.87. The van der Waals surface area contributed by atoms with Gasteiger partial charge in [0.1, 0.15) is 5.78 Å². The molecule has 0 bridgehead atoms. The predicted octanol–water partition coefficient (Wildman–Crippen LogP) is 3.09. The van der Waals surface area contributed by atoms with Crippen molar-refractivity contribution in [2.75, 3.05) is 0 Å². The van der Waals surface area contributed by atoms with E-state index in [2.05, 4.69) is 11.9 Å². The van der Waals surface area contributed by atoms with Crippen LogP contribution in [0.5, 0.6) is 0 Å². The van der Waals surface area contributed by atoms with Gasteiger partial charge in [-0.25, -0.2) is 4.98 Å². The zero-order chi connectivity index (χ0) is 11.9. The molecule has 2 heterocycles. The average Bonchev–Trinajstić information content (AvgIpc) is 2.93. The van der Waals surface area contributed by atoms with E-state index in [1.54, 1.807) is 11.3 Å². The summed E-state index contributed by atoms with van der Waals surface area (Å²) in [5.41, 5.74) is 0.826. The average molecular weight is 248 g/mol. The summed E-state index contributed by atoms with van der Waals surface area (Å²) in [6, 6.07) is 0. The van der Waals surface area contributed by atoms with Crippen LogP contribution in [0.1, 0.15) is 38.3 Å². The highest BCUT2D eigenvalue weighted by Gasteiger charge is 2.35. The Hall–Kier alpha value is -1.16. The number of ketones is 1. The summed E-state index contributed by atoms with van der Waals surface area (Å²) in [7, 11) is 0. The highest BCUT2D eigenvalue weighted by Crippen LogP contribution is 2.39. The topological polar surface area (TPSA) is 34.4 Å². The van der Waals surface area contributed by atoms with Crippen molar-refractivity contribution in [3.05, 3.63) is 23.5 Å². The molecule has 1 aliphatic carbocycles. The van der Waals surface area contributed by atoms with Crippen LogP contribution in [-0.2, 0) is 11.2 Å². The number of Topliss-reactive ketones (excluding diaryl/α,β-unsaturated/α-hetero) is 1. The number of fused-ring (bicyclic) bond motifs is 1. The molecular formula is C13H16N2OS. The Morgan fingerprint density at radius 1 is 1.53 bits per heavy atom. The van der Waals surface area contributed by atoms with Gasteiger partial charge in [0.05, 0.1) is 12.1 Å². The zero-order valence-electron chi connectivity index (χ0n) is 9.98. The lowest BCUT2D eigenvalue weighted by Gasteiger charge is -2.20. The van der Waals surface area contributed by atoms with Gasteiger partial charge in [-0.1, -0.05) is 19.8 Å². The molecule has 2 aromatic rings. The number of imidazole rings is 1. The highest BCUT2D eigenvalue weighted by molar-refractivity contribution is 7.15. The van der Waals surface area contributed by atoms with Crippen LogP contribution < -0.4 is 0 Å². The van der Waals surface area contributed by atoms with Gasteiger partial charge in [-0.2, -0.15) is 0 Å². The van der Waals surface area contributed by atoms with Crippen LogP contribution in [0.3, 0.4) is 0 Å². The molecular weight excluding hydrogens is 232 g/mol. The molecule has 0 aliphatic heterocycles. The van der Waals surface area contributed by atoms with Crippen molar-refractivity contribution >= 4 is 22.1 Å². The molecule has 17 heavy (non-hydrogen) atoms. The molecule has 2 aromatic heterocycles. The number of thiazole rings is 1. The van der Waals surface area contributed by atoms with Crippen LogP contribution in [0.2, 0.25) is 0 Å². The van der Waals surface area contributed by atoms with Crippen LogP contribution in [0, 0.1) is 5.41 Å². The Balaban J connectivity index is 1.78. The molecule has 4 heteroatoms. The van der Waals surface area contributed by atoms with Crippen molar-refractivity contribution in [2.45, 2.75) is 39.0 Å². The maximum Gasteiger partial charge on any atom is 0.193 e. The molecule has 0 atom stereocenters. The van der Waals surface area contributed by atoms with Crippen LogP contribution in [0.15, 0.2) is 17.8 Å². The Kier molecular flexibility index (Phi) is 2.54. The second kappa shape index (κ2) is 3.95. The van der Waals surface area contributed by atoms with Gasteiger partial charge in [-0.05, 0) is 12.8 Å². The Bertz CT molecular complexity index is 520. The largest absolute Gasteiger partial charge is 0.299 e. The van der Waals surface area contributed by atoms with E-state index < -0.39 is 0 Å². The van der Waals surface area contributed by atoms with Crippen LogP contribution in [-0.4, -0.2) is 15.2 Å². The number of hydrogen-bond donors (Lipinski definition) is 0. The molecule has 1 fully saturated rings. The lowest BCUT2D eigenvalue weighted by Crippen LogP contribution is -2.26. The lowest BCUT2D eigenvalue weighted by molar-refractivity contribution is -0.127. The van der Waals surface area contributed by atoms with Crippen molar-refractivity contribution < 1.29 is 4.79 Å². The minimum atomic E-state index is -0.0863. The summed E-state index contributed by atoms with van der Waals surface area (Å²) >= 11 is 1.61. The molecule has 0 spiro atoms. The van der Waals surface area contributed by atoms with Crippen molar-refractivity contribution in [3.8, 4) is 0 Å². The first-order chi connectivity index (χ1) is 8.17. The number of rotatable bonds is 3. The summed E-state index contributed by atoms with van der Waals surface area (Å²) < 4.78 is 1.99. The SMILES string of the molecule is CC1(C(=O)Cc2cn3ccsc3n2)CCCC1. The standard InChI is InChI=1S/C13H16N2OS/c1-13(4-2-3-5-13)11(16)8-10-9-15-6-7-17-12(15)14-10/h6-7,9H,2-5,8H2,1H3. The van der Waals surface area contributed by atoms with E-state index >= 15 is 0 Å². The molecule has 0 aromatic carbocycles. The van der Waals surface area contributed by atoms with Crippen molar-refractivity contribution in [3.63, 3.8) is 0 Å².